The molecule has 1 aliphatic rings. The minimum Gasteiger partial charge on any atom is -0.480 e. The smallest absolute Gasteiger partial charge is 0.329 e. The van der Waals surface area contributed by atoms with E-state index in [1.165, 1.54) is 0 Å². The monoisotopic (exact) mass is 300 g/mol. The van der Waals surface area contributed by atoms with Crippen LogP contribution < -0.4 is 10.6 Å². The number of nitrogens with one attached hydrogen (secondary N) is 2. The van der Waals surface area contributed by atoms with E-state index in [1.54, 1.807) is 7.11 Å². The SMILES string of the molecule is CCCC(COC)NC(=O)NC1(C(=O)O)CCCC(C)C1. The van der Waals surface area contributed by atoms with Crippen LogP contribution in [0.3, 0.4) is 0 Å². The molecule has 6 heteroatoms. The van der Waals surface area contributed by atoms with Gasteiger partial charge < -0.3 is 20.5 Å². The third kappa shape index (κ3) is 5.19. The molecule has 0 aromatic carbocycles. The van der Waals surface area contributed by atoms with Crippen molar-refractivity contribution in [1.82, 2.24) is 10.6 Å². The lowest BCUT2D eigenvalue weighted by atomic mass is 9.76. The van der Waals surface area contributed by atoms with Gasteiger partial charge in [-0.1, -0.05) is 33.1 Å². The van der Waals surface area contributed by atoms with E-state index >= 15 is 0 Å². The quantitative estimate of drug-likeness (QED) is 0.672. The van der Waals surface area contributed by atoms with Crippen LogP contribution >= 0.6 is 0 Å². The first-order chi connectivity index (χ1) is 9.93. The summed E-state index contributed by atoms with van der Waals surface area (Å²) in [5, 5.41) is 15.1. The highest BCUT2D eigenvalue weighted by Gasteiger charge is 2.43. The van der Waals surface area contributed by atoms with Crippen molar-refractivity contribution >= 4 is 12.0 Å². The zero-order chi connectivity index (χ0) is 15.9. The lowest BCUT2D eigenvalue weighted by Gasteiger charge is -2.37. The molecule has 1 saturated carbocycles. The van der Waals surface area contributed by atoms with Crippen molar-refractivity contribution in [3.8, 4) is 0 Å². The number of aliphatic carboxylic acids is 1. The molecule has 122 valence electrons. The molecule has 1 fully saturated rings. The molecule has 0 aromatic rings. The summed E-state index contributed by atoms with van der Waals surface area (Å²) in [4.78, 5) is 23.8. The van der Waals surface area contributed by atoms with Crippen LogP contribution in [0.5, 0.6) is 0 Å². The summed E-state index contributed by atoms with van der Waals surface area (Å²) in [6, 6.07) is -0.506. The summed E-state index contributed by atoms with van der Waals surface area (Å²) in [5.74, 6) is -0.636. The van der Waals surface area contributed by atoms with Crippen molar-refractivity contribution in [3.05, 3.63) is 0 Å². The average molecular weight is 300 g/mol. The second kappa shape index (κ2) is 8.22. The summed E-state index contributed by atoms with van der Waals surface area (Å²) in [6.07, 6.45) is 4.54. The normalized spacial score (nSPS) is 26.9. The summed E-state index contributed by atoms with van der Waals surface area (Å²) < 4.78 is 5.08. The zero-order valence-electron chi connectivity index (χ0n) is 13.3. The Hall–Kier alpha value is -1.30. The molecule has 0 saturated heterocycles. The third-order valence-electron chi connectivity index (χ3n) is 4.10. The number of carboxylic acid groups (broad SMARTS) is 1. The Morgan fingerprint density at radius 3 is 2.71 bits per heavy atom. The molecule has 0 aliphatic heterocycles. The van der Waals surface area contributed by atoms with Gasteiger partial charge in [0.25, 0.3) is 0 Å². The van der Waals surface area contributed by atoms with Gasteiger partial charge in [-0.05, 0) is 25.2 Å². The van der Waals surface area contributed by atoms with Crippen molar-refractivity contribution in [2.75, 3.05) is 13.7 Å². The van der Waals surface area contributed by atoms with Gasteiger partial charge in [0.1, 0.15) is 5.54 Å². The second-order valence-corrected chi connectivity index (χ2v) is 6.13. The van der Waals surface area contributed by atoms with Gasteiger partial charge in [0.2, 0.25) is 0 Å². The lowest BCUT2D eigenvalue weighted by Crippen LogP contribution is -2.60. The number of urea groups is 1. The van der Waals surface area contributed by atoms with Crippen molar-refractivity contribution in [2.45, 2.75) is 64.0 Å². The van der Waals surface area contributed by atoms with Crippen molar-refractivity contribution in [2.24, 2.45) is 5.92 Å². The van der Waals surface area contributed by atoms with E-state index in [0.717, 1.165) is 25.7 Å². The molecule has 1 rings (SSSR count). The Morgan fingerprint density at radius 2 is 2.19 bits per heavy atom. The van der Waals surface area contributed by atoms with Crippen molar-refractivity contribution < 1.29 is 19.4 Å². The fraction of sp³-hybridized carbons (Fsp3) is 0.867. The Labute approximate surface area is 126 Å². The minimum absolute atomic E-state index is 0.0909. The minimum atomic E-state index is -1.13. The van der Waals surface area contributed by atoms with Crippen LogP contribution in [0.4, 0.5) is 4.79 Å². The van der Waals surface area contributed by atoms with Crippen LogP contribution in [0.1, 0.15) is 52.4 Å². The molecule has 1 aliphatic carbocycles. The summed E-state index contributed by atoms with van der Waals surface area (Å²) >= 11 is 0. The standard InChI is InChI=1S/C15H28N2O4/c1-4-6-12(10-21-3)16-14(20)17-15(13(18)19)8-5-7-11(2)9-15/h11-12H,4-10H2,1-3H3,(H,18,19)(H2,16,17,20). The lowest BCUT2D eigenvalue weighted by molar-refractivity contribution is -0.146. The number of methoxy groups -OCH3 is 1. The van der Waals surface area contributed by atoms with Gasteiger partial charge in [0.05, 0.1) is 12.6 Å². The van der Waals surface area contributed by atoms with E-state index in [1.807, 2.05) is 13.8 Å². The van der Waals surface area contributed by atoms with Crippen molar-refractivity contribution in [1.29, 1.82) is 0 Å². The largest absolute Gasteiger partial charge is 0.480 e. The van der Waals surface area contributed by atoms with Gasteiger partial charge >= 0.3 is 12.0 Å². The molecule has 0 heterocycles. The van der Waals surface area contributed by atoms with E-state index in [4.69, 9.17) is 4.74 Å². The highest BCUT2D eigenvalue weighted by Crippen LogP contribution is 2.32. The molecular formula is C15H28N2O4. The van der Waals surface area contributed by atoms with Crippen molar-refractivity contribution in [3.63, 3.8) is 0 Å². The Balaban J connectivity index is 2.66. The van der Waals surface area contributed by atoms with E-state index in [2.05, 4.69) is 10.6 Å². The van der Waals surface area contributed by atoms with Crippen LogP contribution in [0.15, 0.2) is 0 Å². The maximum absolute atomic E-state index is 12.1. The third-order valence-corrected chi connectivity index (χ3v) is 4.10. The van der Waals surface area contributed by atoms with Crippen LogP contribution in [0, 0.1) is 5.92 Å². The number of rotatable bonds is 7. The first kappa shape index (κ1) is 17.8. The van der Waals surface area contributed by atoms with Gasteiger partial charge in [-0.2, -0.15) is 0 Å². The Morgan fingerprint density at radius 1 is 1.48 bits per heavy atom. The first-order valence-corrected chi connectivity index (χ1v) is 7.74. The Kier molecular flexibility index (Phi) is 6.95. The van der Waals surface area contributed by atoms with Gasteiger partial charge in [-0.25, -0.2) is 9.59 Å². The van der Waals surface area contributed by atoms with E-state index < -0.39 is 17.5 Å². The van der Waals surface area contributed by atoms with Gasteiger partial charge in [-0.3, -0.25) is 0 Å². The number of carboxylic acids is 1. The number of carbonyl (C=O) groups is 2. The van der Waals surface area contributed by atoms with Crippen LogP contribution in [-0.4, -0.2) is 42.4 Å². The highest BCUT2D eigenvalue weighted by molar-refractivity contribution is 5.86. The second-order valence-electron chi connectivity index (χ2n) is 6.13. The molecule has 0 radical (unpaired) electrons. The maximum atomic E-state index is 12.1. The number of hydrogen-bond acceptors (Lipinski definition) is 3. The number of hydrogen-bond donors (Lipinski definition) is 3. The van der Waals surface area contributed by atoms with E-state index in [9.17, 15) is 14.7 Å². The predicted octanol–water partition coefficient (Wildman–Crippen LogP) is 2.13. The summed E-state index contributed by atoms with van der Waals surface area (Å²) in [5.41, 5.74) is -1.13. The fourth-order valence-corrected chi connectivity index (χ4v) is 3.10. The van der Waals surface area contributed by atoms with Crippen LogP contribution in [0.25, 0.3) is 0 Å². The average Bonchev–Trinajstić information content (AvgIpc) is 2.38. The van der Waals surface area contributed by atoms with Gasteiger partial charge in [-0.15, -0.1) is 0 Å². The molecule has 0 spiro atoms. The summed E-state index contributed by atoms with van der Waals surface area (Å²) in [6.45, 7) is 4.49. The molecule has 3 unspecified atom stereocenters. The molecule has 0 aromatic heterocycles. The molecule has 6 nitrogen and oxygen atoms in total. The predicted molar refractivity (Wildman–Crippen MR) is 80.2 cm³/mol. The fourth-order valence-electron chi connectivity index (χ4n) is 3.10. The highest BCUT2D eigenvalue weighted by atomic mass is 16.5. The number of ether oxygens (including phenoxy) is 1. The van der Waals surface area contributed by atoms with Gasteiger partial charge in [0, 0.05) is 7.11 Å². The topological polar surface area (TPSA) is 87.7 Å². The zero-order valence-corrected chi connectivity index (χ0v) is 13.3. The molecule has 2 amide bonds. The molecule has 21 heavy (non-hydrogen) atoms. The first-order valence-electron chi connectivity index (χ1n) is 7.74. The van der Waals surface area contributed by atoms with Crippen LogP contribution in [0.2, 0.25) is 0 Å². The summed E-state index contributed by atoms with van der Waals surface area (Å²) in [7, 11) is 1.59. The molecule has 3 N–H and O–H groups in total. The molecule has 3 atom stereocenters. The molecule has 0 bridgehead atoms. The molecular weight excluding hydrogens is 272 g/mol. The van der Waals surface area contributed by atoms with E-state index in [0.29, 0.717) is 25.4 Å². The van der Waals surface area contributed by atoms with Crippen LogP contribution in [-0.2, 0) is 9.53 Å². The number of amides is 2. The maximum Gasteiger partial charge on any atom is 0.329 e. The number of carbonyl (C=O) groups excluding carboxylic acids is 1. The van der Waals surface area contributed by atoms with Gasteiger partial charge in [0.15, 0.2) is 0 Å². The van der Waals surface area contributed by atoms with E-state index in [-0.39, 0.29) is 6.04 Å². The Bertz CT molecular complexity index is 356.